The van der Waals surface area contributed by atoms with Crippen LogP contribution in [0.25, 0.3) is 0 Å². The molecule has 0 rings (SSSR count). The molecule has 0 spiro atoms. The monoisotopic (exact) mass is 137 g/mol. The summed E-state index contributed by atoms with van der Waals surface area (Å²) in [5, 5.41) is 0. The Kier molecular flexibility index (Phi) is 9.27. The summed E-state index contributed by atoms with van der Waals surface area (Å²) in [5.74, 6) is 1.69. The maximum absolute atomic E-state index is 9.84. The summed E-state index contributed by atoms with van der Waals surface area (Å²) in [7, 11) is 0. The number of rotatable bonds is 1. The molecule has 0 aromatic heterocycles. The van der Waals surface area contributed by atoms with E-state index in [1.165, 1.54) is 6.92 Å². The largest absolute Gasteiger partial charge is 0.622 e. The summed E-state index contributed by atoms with van der Waals surface area (Å²) < 4.78 is 4.49. The summed E-state index contributed by atoms with van der Waals surface area (Å²) in [6.45, 7) is 1.41. The fourth-order valence-corrected chi connectivity index (χ4v) is 0.498. The van der Waals surface area contributed by atoms with Crippen molar-refractivity contribution < 1.29 is 8.58 Å². The summed E-state index contributed by atoms with van der Waals surface area (Å²) in [5.41, 5.74) is 0. The molecule has 0 amide bonds. The molecule has 7 heavy (non-hydrogen) atoms. The zero-order valence-corrected chi connectivity index (χ0v) is 6.27. The zero-order valence-electron chi connectivity index (χ0n) is 4.30. The van der Waals surface area contributed by atoms with Gasteiger partial charge in [0.25, 0.3) is 5.97 Å². The first kappa shape index (κ1) is 10.3. The summed E-state index contributed by atoms with van der Waals surface area (Å²) in [6.07, 6.45) is 0. The zero-order chi connectivity index (χ0) is 4.99. The van der Waals surface area contributed by atoms with Crippen LogP contribution in [-0.4, -0.2) is 21.5 Å². The van der Waals surface area contributed by atoms with Gasteiger partial charge in [-0.1, -0.05) is 5.79 Å². The minimum atomic E-state index is -0.174. The second-order valence-corrected chi connectivity index (χ2v) is 1.55. The van der Waals surface area contributed by atoms with Crippen LogP contribution in [0.3, 0.4) is 0 Å². The van der Waals surface area contributed by atoms with Crippen LogP contribution in [0.1, 0.15) is 6.92 Å². The summed E-state index contributed by atoms with van der Waals surface area (Å²) >= 11 is -0.0972. The first-order chi connectivity index (χ1) is 2.77. The lowest BCUT2D eigenvalue weighted by atomic mass is 10.9. The Morgan fingerprint density at radius 2 is 2.14 bits per heavy atom. The van der Waals surface area contributed by atoms with E-state index in [2.05, 4.69) is 3.79 Å². The third-order valence-corrected chi connectivity index (χ3v) is 0.851. The van der Waals surface area contributed by atoms with E-state index in [9.17, 15) is 4.79 Å². The van der Waals surface area contributed by atoms with E-state index < -0.39 is 0 Å². The highest BCUT2D eigenvalue weighted by atomic mass is 35.5. The lowest BCUT2D eigenvalue weighted by Gasteiger charge is -1.90. The van der Waals surface area contributed by atoms with Crippen molar-refractivity contribution in [2.75, 3.05) is 0 Å². The van der Waals surface area contributed by atoms with Crippen LogP contribution in [0.2, 0.25) is 5.79 Å². The van der Waals surface area contributed by atoms with Gasteiger partial charge in [-0.3, -0.25) is 4.79 Å². The molecular weight excluding hydrogens is 130 g/mol. The van der Waals surface area contributed by atoms with Gasteiger partial charge in [-0.2, -0.15) is 0 Å². The van der Waals surface area contributed by atoms with Crippen LogP contribution in [0.5, 0.6) is 0 Å². The van der Waals surface area contributed by atoms with Crippen molar-refractivity contribution >= 4 is 33.9 Å². The van der Waals surface area contributed by atoms with E-state index in [1.807, 2.05) is 5.79 Å². The third-order valence-electron chi connectivity index (χ3n) is 0.284. The highest BCUT2D eigenvalue weighted by Gasteiger charge is 1.86. The number of halogens is 1. The first-order valence-electron chi connectivity index (χ1n) is 1.72. The normalized spacial score (nSPS) is 6.00. The van der Waals surface area contributed by atoms with Crippen molar-refractivity contribution in [3.63, 3.8) is 0 Å². The molecule has 0 saturated heterocycles. The smallest absolute Gasteiger partial charge is 0.521 e. The number of carbonyl (C=O) groups excluding carboxylic acids is 1. The average molecular weight is 138 g/mol. The van der Waals surface area contributed by atoms with E-state index >= 15 is 0 Å². The molecule has 0 aliphatic heterocycles. The molecule has 0 aromatic rings. The van der Waals surface area contributed by atoms with Gasteiger partial charge in [0.15, 0.2) is 0 Å². The molecule has 4 heteroatoms. The predicted octanol–water partition coefficient (Wildman–Crippen LogP) is 0.639. The molecule has 2 nitrogen and oxygen atoms in total. The minimum absolute atomic E-state index is 0. The predicted molar refractivity (Wildman–Crippen MR) is 30.6 cm³/mol. The second kappa shape index (κ2) is 6.29. The van der Waals surface area contributed by atoms with E-state index in [4.69, 9.17) is 0 Å². The summed E-state index contributed by atoms with van der Waals surface area (Å²) in [6, 6.07) is 0. The second-order valence-electron chi connectivity index (χ2n) is 0.845. The standard InChI is InChI=1S/C2H4O2.CH3.Al.ClH/c1-2(3)4;;;/h1H3,(H,3,4);1H3;;1H/q;;+1;/p-1. The lowest BCUT2D eigenvalue weighted by Crippen LogP contribution is -1.98. The minimum Gasteiger partial charge on any atom is -0.622 e. The van der Waals surface area contributed by atoms with Crippen LogP contribution in [0, 0.1) is 0 Å². The van der Waals surface area contributed by atoms with Crippen LogP contribution in [-0.2, 0) is 8.58 Å². The van der Waals surface area contributed by atoms with Gasteiger partial charge >= 0.3 is 15.6 Å². The summed E-state index contributed by atoms with van der Waals surface area (Å²) in [4.78, 5) is 9.84. The molecule has 1 radical (unpaired) electrons. The van der Waals surface area contributed by atoms with Crippen molar-refractivity contribution in [3.8, 4) is 0 Å². The molecule has 0 N–H and O–H groups in total. The first-order valence-corrected chi connectivity index (χ1v) is 3.35. The number of hydrogen-bond donors (Lipinski definition) is 0. The van der Waals surface area contributed by atoms with Gasteiger partial charge in [-0.15, -0.1) is 12.4 Å². The fourth-order valence-electron chi connectivity index (χ4n) is 0.166. The van der Waals surface area contributed by atoms with Crippen molar-refractivity contribution in [1.82, 2.24) is 0 Å². The van der Waals surface area contributed by atoms with E-state index in [0.29, 0.717) is 0 Å². The SMILES string of the molecule is Cl.[CH3][Al][O]C(C)=O. The Balaban J connectivity index is 0. The van der Waals surface area contributed by atoms with Gasteiger partial charge in [0.2, 0.25) is 0 Å². The Morgan fingerprint density at radius 1 is 1.71 bits per heavy atom. The van der Waals surface area contributed by atoms with Crippen molar-refractivity contribution in [3.05, 3.63) is 0 Å². The molecule has 0 saturated carbocycles. The molecule has 0 aromatic carbocycles. The topological polar surface area (TPSA) is 26.3 Å². The van der Waals surface area contributed by atoms with Crippen LogP contribution >= 0.6 is 12.4 Å². The number of hydrogen-bond acceptors (Lipinski definition) is 2. The third kappa shape index (κ3) is 10.7. The molecule has 0 atom stereocenters. The molecule has 0 heterocycles. The van der Waals surface area contributed by atoms with Gasteiger partial charge in [-0.25, -0.2) is 0 Å². The number of carbonyl (C=O) groups is 1. The maximum atomic E-state index is 9.84. The van der Waals surface area contributed by atoms with Crippen molar-refractivity contribution in [2.45, 2.75) is 12.7 Å². The highest BCUT2D eigenvalue weighted by Crippen LogP contribution is 1.67. The van der Waals surface area contributed by atoms with Crippen LogP contribution in [0.4, 0.5) is 0 Å². The quantitative estimate of drug-likeness (QED) is 0.496. The van der Waals surface area contributed by atoms with E-state index in [-0.39, 0.29) is 33.9 Å². The fraction of sp³-hybridized carbons (Fsp3) is 0.667. The highest BCUT2D eigenvalue weighted by molar-refractivity contribution is 6.28. The molecule has 0 bridgehead atoms. The van der Waals surface area contributed by atoms with Crippen LogP contribution < -0.4 is 0 Å². The Morgan fingerprint density at radius 3 is 2.14 bits per heavy atom. The van der Waals surface area contributed by atoms with Gasteiger partial charge in [0.1, 0.15) is 0 Å². The van der Waals surface area contributed by atoms with E-state index in [0.717, 1.165) is 0 Å². The molecule has 0 fully saturated rings. The molecule has 41 valence electrons. The lowest BCUT2D eigenvalue weighted by molar-refractivity contribution is -0.131. The van der Waals surface area contributed by atoms with Crippen molar-refractivity contribution in [1.29, 1.82) is 0 Å². The molecule has 0 aliphatic carbocycles. The Hall–Kier alpha value is 0.292. The Labute approximate surface area is 55.7 Å². The van der Waals surface area contributed by atoms with Gasteiger partial charge in [0.05, 0.1) is 0 Å². The van der Waals surface area contributed by atoms with Gasteiger partial charge in [0, 0.05) is 6.92 Å². The maximum Gasteiger partial charge on any atom is 0.521 e. The van der Waals surface area contributed by atoms with Gasteiger partial charge < -0.3 is 3.79 Å². The van der Waals surface area contributed by atoms with Crippen molar-refractivity contribution in [2.24, 2.45) is 0 Å². The van der Waals surface area contributed by atoms with E-state index in [1.54, 1.807) is 0 Å². The molecule has 0 unspecified atom stereocenters. The molecule has 0 aliphatic rings. The van der Waals surface area contributed by atoms with Gasteiger partial charge in [-0.05, 0) is 0 Å². The van der Waals surface area contributed by atoms with Crippen LogP contribution in [0.15, 0.2) is 0 Å². The average Bonchev–Trinajstić information content (AvgIpc) is 1.35. The Bertz CT molecular complexity index is 56.9. The molecular formula is C3H7AlClO2.